The fourth-order valence-electron chi connectivity index (χ4n) is 1.70. The van der Waals surface area contributed by atoms with E-state index in [1.807, 2.05) is 0 Å². The zero-order valence-electron chi connectivity index (χ0n) is 8.32. The highest BCUT2D eigenvalue weighted by Gasteiger charge is 2.38. The number of carbonyl (C=O) groups is 1. The number of carbonyl (C=O) groups excluding carboxylic acids is 1. The molecule has 1 aliphatic carbocycles. The summed E-state index contributed by atoms with van der Waals surface area (Å²) in [5, 5.41) is 3.53. The van der Waals surface area contributed by atoms with Crippen molar-refractivity contribution in [3.05, 3.63) is 10.4 Å². The lowest BCUT2D eigenvalue weighted by molar-refractivity contribution is -0.125. The summed E-state index contributed by atoms with van der Waals surface area (Å²) in [6, 6.07) is -0.434. The van der Waals surface area contributed by atoms with Gasteiger partial charge >= 0.3 is 0 Å². The minimum absolute atomic E-state index is 0.0876. The number of azide groups is 1. The highest BCUT2D eigenvalue weighted by molar-refractivity contribution is 5.85. The number of nitrogens with zero attached hydrogens (tertiary/aromatic N) is 3. The van der Waals surface area contributed by atoms with Gasteiger partial charge in [-0.1, -0.05) is 25.9 Å². The maximum Gasteiger partial charge on any atom is 0.142 e. The van der Waals surface area contributed by atoms with E-state index in [9.17, 15) is 4.79 Å². The monoisotopic (exact) mass is 181 g/mol. The first-order chi connectivity index (χ1) is 5.97. The van der Waals surface area contributed by atoms with E-state index in [0.717, 1.165) is 0 Å². The van der Waals surface area contributed by atoms with E-state index >= 15 is 0 Å². The molecule has 4 heteroatoms. The summed E-state index contributed by atoms with van der Waals surface area (Å²) in [7, 11) is 0. The average molecular weight is 181 g/mol. The fraction of sp³-hybridized carbons (Fsp3) is 0.889. The van der Waals surface area contributed by atoms with Crippen molar-refractivity contribution in [1.82, 2.24) is 0 Å². The number of rotatable bonds is 1. The predicted octanol–water partition coefficient (Wildman–Crippen LogP) is 2.69. The van der Waals surface area contributed by atoms with Gasteiger partial charge in [-0.3, -0.25) is 4.79 Å². The summed E-state index contributed by atoms with van der Waals surface area (Å²) in [5.74, 6) is 0.467. The molecule has 0 N–H and O–H groups in total. The van der Waals surface area contributed by atoms with Crippen LogP contribution >= 0.6 is 0 Å². The quantitative estimate of drug-likeness (QED) is 0.348. The van der Waals surface area contributed by atoms with Crippen molar-refractivity contribution < 1.29 is 4.79 Å². The van der Waals surface area contributed by atoms with Crippen molar-refractivity contribution in [2.45, 2.75) is 39.7 Å². The smallest absolute Gasteiger partial charge is 0.142 e. The van der Waals surface area contributed by atoms with E-state index in [-0.39, 0.29) is 11.2 Å². The van der Waals surface area contributed by atoms with E-state index in [2.05, 4.69) is 30.8 Å². The van der Waals surface area contributed by atoms with Crippen LogP contribution in [-0.4, -0.2) is 11.8 Å². The lowest BCUT2D eigenvalue weighted by Crippen LogP contribution is -2.38. The van der Waals surface area contributed by atoms with Crippen molar-refractivity contribution in [3.8, 4) is 0 Å². The number of Topliss-reactive ketones (excluding diaryl/α,β-unsaturated/α-hetero) is 1. The first-order valence-corrected chi connectivity index (χ1v) is 4.54. The van der Waals surface area contributed by atoms with Crippen LogP contribution in [-0.2, 0) is 4.79 Å². The van der Waals surface area contributed by atoms with Gasteiger partial charge in [-0.2, -0.15) is 0 Å². The second kappa shape index (κ2) is 3.38. The normalized spacial score (nSPS) is 32.4. The Hall–Kier alpha value is -1.02. The van der Waals surface area contributed by atoms with Gasteiger partial charge in [-0.05, 0) is 23.3 Å². The second-order valence-corrected chi connectivity index (χ2v) is 4.48. The Bertz CT molecular complexity index is 266. The molecule has 0 radical (unpaired) electrons. The molecule has 1 aliphatic rings. The molecule has 0 bridgehead atoms. The lowest BCUT2D eigenvalue weighted by Gasteiger charge is -2.38. The van der Waals surface area contributed by atoms with Crippen molar-refractivity contribution in [1.29, 1.82) is 0 Å². The molecule has 0 aromatic heterocycles. The van der Waals surface area contributed by atoms with Gasteiger partial charge in [-0.25, -0.2) is 0 Å². The van der Waals surface area contributed by atoms with Crippen LogP contribution < -0.4 is 0 Å². The van der Waals surface area contributed by atoms with Gasteiger partial charge in [0.15, 0.2) is 0 Å². The molecule has 1 unspecified atom stereocenters. The van der Waals surface area contributed by atoms with E-state index in [0.29, 0.717) is 18.8 Å². The summed E-state index contributed by atoms with van der Waals surface area (Å²) in [5.41, 5.74) is 8.38. The number of ketones is 1. The second-order valence-electron chi connectivity index (χ2n) is 4.48. The summed E-state index contributed by atoms with van der Waals surface area (Å²) < 4.78 is 0. The number of hydrogen-bond acceptors (Lipinski definition) is 2. The summed E-state index contributed by atoms with van der Waals surface area (Å²) in [6.07, 6.45) is 1.22. The molecule has 1 saturated carbocycles. The summed E-state index contributed by atoms with van der Waals surface area (Å²) in [4.78, 5) is 14.1. The van der Waals surface area contributed by atoms with Gasteiger partial charge in [0.25, 0.3) is 0 Å². The molecular weight excluding hydrogens is 166 g/mol. The summed E-state index contributed by atoms with van der Waals surface area (Å²) in [6.45, 7) is 6.30. The molecule has 13 heavy (non-hydrogen) atoms. The van der Waals surface area contributed by atoms with Crippen LogP contribution in [0.25, 0.3) is 10.4 Å². The van der Waals surface area contributed by atoms with Gasteiger partial charge in [0.1, 0.15) is 5.78 Å². The zero-order chi connectivity index (χ0) is 10.1. The van der Waals surface area contributed by atoms with Gasteiger partial charge < -0.3 is 0 Å². The van der Waals surface area contributed by atoms with Gasteiger partial charge in [0.05, 0.1) is 6.04 Å². The molecule has 1 fully saturated rings. The largest absolute Gasteiger partial charge is 0.299 e. The SMILES string of the molecule is CC1CC(=O)[C@H](N=[N+]=[N-])CC1(C)C. The van der Waals surface area contributed by atoms with E-state index in [1.165, 1.54) is 0 Å². The molecule has 0 aromatic carbocycles. The van der Waals surface area contributed by atoms with Gasteiger partial charge in [0.2, 0.25) is 0 Å². The maximum absolute atomic E-state index is 11.4. The van der Waals surface area contributed by atoms with E-state index in [4.69, 9.17) is 5.53 Å². The summed E-state index contributed by atoms with van der Waals surface area (Å²) >= 11 is 0. The van der Waals surface area contributed by atoms with E-state index < -0.39 is 6.04 Å². The lowest BCUT2D eigenvalue weighted by atomic mass is 9.68. The third-order valence-corrected chi connectivity index (χ3v) is 3.12. The Kier molecular flexibility index (Phi) is 2.62. The molecule has 0 aromatic rings. The molecule has 0 saturated heterocycles. The number of hydrogen-bond donors (Lipinski definition) is 0. The predicted molar refractivity (Wildman–Crippen MR) is 50.1 cm³/mol. The Morgan fingerprint density at radius 2 is 2.23 bits per heavy atom. The highest BCUT2D eigenvalue weighted by atomic mass is 16.1. The van der Waals surface area contributed by atoms with Crippen LogP contribution in [0, 0.1) is 11.3 Å². The van der Waals surface area contributed by atoms with Crippen molar-refractivity contribution >= 4 is 5.78 Å². The Morgan fingerprint density at radius 1 is 1.62 bits per heavy atom. The minimum atomic E-state index is -0.434. The topological polar surface area (TPSA) is 65.8 Å². The van der Waals surface area contributed by atoms with Crippen LogP contribution in [0.1, 0.15) is 33.6 Å². The average Bonchev–Trinajstić information content (AvgIpc) is 2.00. The molecule has 0 aliphatic heterocycles. The third kappa shape index (κ3) is 2.01. The van der Waals surface area contributed by atoms with Crippen LogP contribution in [0.2, 0.25) is 0 Å². The first-order valence-electron chi connectivity index (χ1n) is 4.54. The van der Waals surface area contributed by atoms with Gasteiger partial charge in [0, 0.05) is 11.3 Å². The molecule has 72 valence electrons. The van der Waals surface area contributed by atoms with Crippen LogP contribution in [0.3, 0.4) is 0 Å². The Balaban J connectivity index is 2.81. The molecule has 0 spiro atoms. The molecule has 4 nitrogen and oxygen atoms in total. The highest BCUT2D eigenvalue weighted by Crippen LogP contribution is 2.39. The van der Waals surface area contributed by atoms with Crippen LogP contribution in [0.5, 0.6) is 0 Å². The molecule has 0 heterocycles. The fourth-order valence-corrected chi connectivity index (χ4v) is 1.70. The van der Waals surface area contributed by atoms with Crippen molar-refractivity contribution in [2.75, 3.05) is 0 Å². The van der Waals surface area contributed by atoms with Crippen molar-refractivity contribution in [3.63, 3.8) is 0 Å². The van der Waals surface area contributed by atoms with Crippen molar-refractivity contribution in [2.24, 2.45) is 16.4 Å². The maximum atomic E-state index is 11.4. The molecule has 1 rings (SSSR count). The van der Waals surface area contributed by atoms with Gasteiger partial charge in [-0.15, -0.1) is 0 Å². The Morgan fingerprint density at radius 3 is 2.77 bits per heavy atom. The zero-order valence-corrected chi connectivity index (χ0v) is 8.32. The third-order valence-electron chi connectivity index (χ3n) is 3.12. The standard InChI is InChI=1S/C9H15N3O/c1-6-4-8(13)7(11-12-10)5-9(6,2)3/h6-7H,4-5H2,1-3H3/t6?,7-/m1/s1. The minimum Gasteiger partial charge on any atom is -0.299 e. The van der Waals surface area contributed by atoms with E-state index in [1.54, 1.807) is 0 Å². The molecule has 0 amide bonds. The van der Waals surface area contributed by atoms with Crippen LogP contribution in [0.15, 0.2) is 5.11 Å². The first kappa shape index (κ1) is 10.1. The molecular formula is C9H15N3O. The molecule has 2 atom stereocenters. The van der Waals surface area contributed by atoms with Crippen LogP contribution in [0.4, 0.5) is 0 Å². The Labute approximate surface area is 77.9 Å².